The van der Waals surface area contributed by atoms with E-state index in [1.165, 1.54) is 29.8 Å². The summed E-state index contributed by atoms with van der Waals surface area (Å²) in [6.07, 6.45) is 1.91. The van der Waals surface area contributed by atoms with Crippen molar-refractivity contribution < 1.29 is 16.8 Å². The Bertz CT molecular complexity index is 1580. The smallest absolute Gasteiger partial charge is 0.243 e. The number of anilines is 2. The first-order valence-corrected chi connectivity index (χ1v) is 13.4. The largest absolute Gasteiger partial charge is 0.343 e. The maximum Gasteiger partial charge on any atom is 0.243 e. The second kappa shape index (κ2) is 8.47. The third-order valence-corrected chi connectivity index (χ3v) is 9.06. The zero-order valence-corrected chi connectivity index (χ0v) is 19.8. The third kappa shape index (κ3) is 3.94. The molecule has 12 heteroatoms. The van der Waals surface area contributed by atoms with Crippen LogP contribution in [0, 0.1) is 0 Å². The SMILES string of the molecule is CNS(=O)(=O)c1cccc(Nc2ncnc3[nH]c4c(c23)CN(S(=O)(=O)c2ccccc2)CC4)c1. The number of benzene rings is 2. The monoisotopic (exact) mass is 498 g/mol. The number of fused-ring (bicyclic) bond motifs is 3. The highest BCUT2D eigenvalue weighted by Crippen LogP contribution is 2.34. The van der Waals surface area contributed by atoms with Crippen LogP contribution in [-0.2, 0) is 33.0 Å². The maximum atomic E-state index is 13.2. The number of aromatic amines is 1. The molecule has 5 rings (SSSR count). The highest BCUT2D eigenvalue weighted by molar-refractivity contribution is 7.89. The van der Waals surface area contributed by atoms with Crippen molar-refractivity contribution in [3.8, 4) is 0 Å². The molecule has 1 aliphatic heterocycles. The van der Waals surface area contributed by atoms with Crippen LogP contribution in [0.1, 0.15) is 11.3 Å². The summed E-state index contributed by atoms with van der Waals surface area (Å²) in [6, 6.07) is 14.7. The van der Waals surface area contributed by atoms with Crippen LogP contribution < -0.4 is 10.0 Å². The molecule has 0 saturated heterocycles. The van der Waals surface area contributed by atoms with E-state index >= 15 is 0 Å². The van der Waals surface area contributed by atoms with Gasteiger partial charge in [0.1, 0.15) is 17.8 Å². The molecule has 0 aliphatic carbocycles. The summed E-state index contributed by atoms with van der Waals surface area (Å²) in [6.45, 7) is 0.514. The summed E-state index contributed by atoms with van der Waals surface area (Å²) >= 11 is 0. The molecule has 0 spiro atoms. The molecule has 3 heterocycles. The number of aromatic nitrogens is 3. The predicted octanol–water partition coefficient (Wildman–Crippen LogP) is 2.36. The Labute approximate surface area is 197 Å². The molecule has 10 nitrogen and oxygen atoms in total. The van der Waals surface area contributed by atoms with E-state index in [0.29, 0.717) is 35.5 Å². The van der Waals surface area contributed by atoms with Gasteiger partial charge in [0, 0.05) is 36.5 Å². The van der Waals surface area contributed by atoms with E-state index in [1.54, 1.807) is 42.5 Å². The Hall–Kier alpha value is -3.32. The fourth-order valence-electron chi connectivity index (χ4n) is 4.05. The molecule has 4 aromatic rings. The van der Waals surface area contributed by atoms with E-state index in [2.05, 4.69) is 25.0 Å². The van der Waals surface area contributed by atoms with Crippen LogP contribution in [0.3, 0.4) is 0 Å². The van der Waals surface area contributed by atoms with Crippen LogP contribution in [0.2, 0.25) is 0 Å². The number of nitrogens with one attached hydrogen (secondary N) is 3. The van der Waals surface area contributed by atoms with Gasteiger partial charge in [-0.1, -0.05) is 24.3 Å². The number of hydrogen-bond acceptors (Lipinski definition) is 7. The molecular weight excluding hydrogens is 476 g/mol. The first kappa shape index (κ1) is 22.5. The summed E-state index contributed by atoms with van der Waals surface area (Å²) in [5.41, 5.74) is 2.81. The minimum Gasteiger partial charge on any atom is -0.343 e. The predicted molar refractivity (Wildman–Crippen MR) is 128 cm³/mol. The first-order valence-electron chi connectivity index (χ1n) is 10.5. The van der Waals surface area contributed by atoms with Crippen molar-refractivity contribution in [3.05, 3.63) is 72.2 Å². The Morgan fingerprint density at radius 3 is 2.50 bits per heavy atom. The van der Waals surface area contributed by atoms with E-state index in [1.807, 2.05) is 0 Å². The molecule has 0 bridgehead atoms. The lowest BCUT2D eigenvalue weighted by Gasteiger charge is -2.26. The summed E-state index contributed by atoms with van der Waals surface area (Å²) in [7, 11) is -5.92. The molecule has 2 aromatic heterocycles. The van der Waals surface area contributed by atoms with Crippen molar-refractivity contribution in [3.63, 3.8) is 0 Å². The molecule has 1 aliphatic rings. The van der Waals surface area contributed by atoms with Crippen LogP contribution in [0.25, 0.3) is 11.0 Å². The molecule has 0 atom stereocenters. The van der Waals surface area contributed by atoms with Crippen LogP contribution >= 0.6 is 0 Å². The Morgan fingerprint density at radius 2 is 1.74 bits per heavy atom. The minimum absolute atomic E-state index is 0.113. The van der Waals surface area contributed by atoms with Crippen molar-refractivity contribution >= 4 is 42.6 Å². The van der Waals surface area contributed by atoms with Crippen molar-refractivity contribution in [2.45, 2.75) is 22.8 Å². The lowest BCUT2D eigenvalue weighted by Crippen LogP contribution is -2.35. The average molecular weight is 499 g/mol. The van der Waals surface area contributed by atoms with E-state index in [0.717, 1.165) is 11.3 Å². The van der Waals surface area contributed by atoms with Gasteiger partial charge in [-0.3, -0.25) is 0 Å². The minimum atomic E-state index is -3.66. The molecule has 0 unspecified atom stereocenters. The lowest BCUT2D eigenvalue weighted by molar-refractivity contribution is 0.391. The van der Waals surface area contributed by atoms with Gasteiger partial charge in [0.05, 0.1) is 15.2 Å². The number of nitrogens with zero attached hydrogens (tertiary/aromatic N) is 3. The van der Waals surface area contributed by atoms with Crippen molar-refractivity contribution in [1.29, 1.82) is 0 Å². The van der Waals surface area contributed by atoms with Gasteiger partial charge < -0.3 is 10.3 Å². The molecule has 176 valence electrons. The molecular formula is C22H22N6O4S2. The number of H-pyrrole nitrogens is 1. The van der Waals surface area contributed by atoms with E-state index in [4.69, 9.17) is 0 Å². The van der Waals surface area contributed by atoms with Gasteiger partial charge in [0.15, 0.2) is 0 Å². The highest BCUT2D eigenvalue weighted by atomic mass is 32.2. The van der Waals surface area contributed by atoms with Crippen molar-refractivity contribution in [2.75, 3.05) is 18.9 Å². The average Bonchev–Trinajstić information content (AvgIpc) is 3.23. The first-order chi connectivity index (χ1) is 16.3. The molecule has 3 N–H and O–H groups in total. The van der Waals surface area contributed by atoms with E-state index in [9.17, 15) is 16.8 Å². The molecule has 34 heavy (non-hydrogen) atoms. The summed E-state index contributed by atoms with van der Waals surface area (Å²) in [5, 5.41) is 3.85. The maximum absolute atomic E-state index is 13.2. The van der Waals surface area contributed by atoms with E-state index in [-0.39, 0.29) is 16.3 Å². The molecule has 2 aromatic carbocycles. The lowest BCUT2D eigenvalue weighted by atomic mass is 10.1. The highest BCUT2D eigenvalue weighted by Gasteiger charge is 2.31. The Kier molecular flexibility index (Phi) is 5.60. The zero-order chi connectivity index (χ0) is 23.9. The molecule has 0 amide bonds. The molecule has 0 saturated carbocycles. The quantitative estimate of drug-likeness (QED) is 0.371. The second-order valence-corrected chi connectivity index (χ2v) is 11.6. The number of rotatable bonds is 6. The van der Waals surface area contributed by atoms with Gasteiger partial charge in [0.25, 0.3) is 0 Å². The van der Waals surface area contributed by atoms with Crippen LogP contribution in [0.4, 0.5) is 11.5 Å². The standard InChI is InChI=1S/C22H22N6O4S2/c1-23-33(29,30)17-9-5-6-15(12-17)26-21-20-18-13-28(34(31,32)16-7-3-2-4-8-16)11-10-19(18)27-22(20)25-14-24-21/h2-9,12,14,23H,10-11,13H2,1H3,(H2,24,25,26,27). The summed E-state index contributed by atoms with van der Waals surface area (Å²) < 4.78 is 54.5. The van der Waals surface area contributed by atoms with Gasteiger partial charge in [-0.2, -0.15) is 4.31 Å². The number of hydrogen-bond donors (Lipinski definition) is 3. The fraction of sp³-hybridized carbons (Fsp3) is 0.182. The van der Waals surface area contributed by atoms with Crippen LogP contribution in [-0.4, -0.2) is 49.7 Å². The fourth-order valence-corrected chi connectivity index (χ4v) is 6.26. The van der Waals surface area contributed by atoms with E-state index < -0.39 is 20.0 Å². The summed E-state index contributed by atoms with van der Waals surface area (Å²) in [4.78, 5) is 12.3. The van der Waals surface area contributed by atoms with Gasteiger partial charge in [-0.05, 0) is 37.4 Å². The van der Waals surface area contributed by atoms with Gasteiger partial charge in [-0.15, -0.1) is 0 Å². The van der Waals surface area contributed by atoms with Gasteiger partial charge in [0.2, 0.25) is 20.0 Å². The van der Waals surface area contributed by atoms with Gasteiger partial charge in [-0.25, -0.2) is 31.5 Å². The number of sulfonamides is 2. The Morgan fingerprint density at radius 1 is 0.971 bits per heavy atom. The topological polar surface area (TPSA) is 137 Å². The van der Waals surface area contributed by atoms with Crippen LogP contribution in [0.15, 0.2) is 70.7 Å². The normalized spacial score (nSPS) is 14.7. The van der Waals surface area contributed by atoms with Gasteiger partial charge >= 0.3 is 0 Å². The van der Waals surface area contributed by atoms with Crippen molar-refractivity contribution in [2.24, 2.45) is 0 Å². The molecule has 0 fully saturated rings. The summed E-state index contributed by atoms with van der Waals surface area (Å²) in [5.74, 6) is 0.459. The zero-order valence-electron chi connectivity index (χ0n) is 18.2. The third-order valence-electron chi connectivity index (χ3n) is 5.79. The molecule has 0 radical (unpaired) electrons. The second-order valence-electron chi connectivity index (χ2n) is 7.79. The van der Waals surface area contributed by atoms with Crippen LogP contribution in [0.5, 0.6) is 0 Å². The van der Waals surface area contributed by atoms with Crippen molar-refractivity contribution in [1.82, 2.24) is 24.0 Å². The Balaban J connectivity index is 1.53.